The van der Waals surface area contributed by atoms with E-state index >= 15 is 4.39 Å². The van der Waals surface area contributed by atoms with E-state index in [1.165, 1.54) is 30.9 Å². The van der Waals surface area contributed by atoms with Crippen molar-refractivity contribution in [1.82, 2.24) is 9.88 Å². The second-order valence-electron chi connectivity index (χ2n) is 11.0. The van der Waals surface area contributed by atoms with Crippen molar-refractivity contribution in [2.75, 3.05) is 36.5 Å². The number of aryl methyl sites for hydroxylation is 2. The van der Waals surface area contributed by atoms with E-state index < -0.39 is 26.6 Å². The van der Waals surface area contributed by atoms with Crippen molar-refractivity contribution < 1.29 is 21.9 Å². The zero-order valence-corrected chi connectivity index (χ0v) is 25.6. The van der Waals surface area contributed by atoms with Gasteiger partial charge in [0.05, 0.1) is 19.9 Å². The molecule has 0 unspecified atom stereocenters. The molecular formula is C33H36F2N4O3S. The van der Waals surface area contributed by atoms with Gasteiger partial charge in [-0.1, -0.05) is 42.5 Å². The summed E-state index contributed by atoms with van der Waals surface area (Å²) >= 11 is 0. The van der Waals surface area contributed by atoms with Crippen LogP contribution in [-0.2, 0) is 23.1 Å². The number of ether oxygens (including phenoxy) is 1. The first-order chi connectivity index (χ1) is 20.6. The summed E-state index contributed by atoms with van der Waals surface area (Å²) in [6.07, 6.45) is 1.85. The maximum Gasteiger partial charge on any atom is 0.268 e. The Morgan fingerprint density at radius 1 is 1.02 bits per heavy atom. The highest BCUT2D eigenvalue weighted by Crippen LogP contribution is 2.34. The molecule has 1 aliphatic rings. The second kappa shape index (κ2) is 12.7. The standard InChI is InChI=1S/C33H36F2N4O3S/c1-23-10-11-26(31(16-23)42-4)21-39(33-13-12-27(34)19-36-33)43(40,41)32-17-24(2)30(18-29(32)35)37(3)28-14-15-38(22-28)20-25-8-6-5-7-9-25/h5-13,16-19,28H,14-15,20-22H2,1-4H3/t28-/m0/s1. The SMILES string of the molecule is COc1cc(C)ccc1CN(c1ccc(F)cn1)S(=O)(=O)c1cc(C)c(N(C)[C@H]2CCN(Cc3ccccc3)C2)cc1F. The number of anilines is 2. The number of hydrogen-bond donors (Lipinski definition) is 0. The zero-order valence-electron chi connectivity index (χ0n) is 24.8. The lowest BCUT2D eigenvalue weighted by Crippen LogP contribution is -2.35. The normalized spacial score (nSPS) is 15.4. The van der Waals surface area contributed by atoms with Crippen molar-refractivity contribution in [3.63, 3.8) is 0 Å². The molecule has 4 aromatic rings. The summed E-state index contributed by atoms with van der Waals surface area (Å²) in [7, 11) is -1.05. The molecule has 10 heteroatoms. The summed E-state index contributed by atoms with van der Waals surface area (Å²) in [5, 5.41) is 0. The summed E-state index contributed by atoms with van der Waals surface area (Å²) < 4.78 is 64.3. The summed E-state index contributed by atoms with van der Waals surface area (Å²) in [6.45, 7) is 6.06. The molecule has 1 atom stereocenters. The molecule has 0 amide bonds. The first-order valence-electron chi connectivity index (χ1n) is 14.1. The number of rotatable bonds is 10. The molecule has 1 aromatic heterocycles. The molecule has 1 fully saturated rings. The van der Waals surface area contributed by atoms with Gasteiger partial charge in [-0.25, -0.2) is 26.5 Å². The Bertz CT molecular complexity index is 1680. The van der Waals surface area contributed by atoms with E-state index in [-0.39, 0.29) is 18.4 Å². The molecular weight excluding hydrogens is 570 g/mol. The molecule has 3 aromatic carbocycles. The van der Waals surface area contributed by atoms with Gasteiger partial charge in [-0.15, -0.1) is 0 Å². The molecule has 2 heterocycles. The largest absolute Gasteiger partial charge is 0.496 e. The zero-order chi connectivity index (χ0) is 30.7. The number of hydrogen-bond acceptors (Lipinski definition) is 6. The highest BCUT2D eigenvalue weighted by Gasteiger charge is 2.32. The fourth-order valence-corrected chi connectivity index (χ4v) is 7.12. The van der Waals surface area contributed by atoms with Crippen LogP contribution in [-0.4, -0.2) is 51.6 Å². The maximum absolute atomic E-state index is 15.9. The Labute approximate surface area is 252 Å². The van der Waals surface area contributed by atoms with Crippen LogP contribution in [0.4, 0.5) is 20.3 Å². The number of nitrogens with zero attached hydrogens (tertiary/aromatic N) is 4. The van der Waals surface area contributed by atoms with Crippen LogP contribution in [0.3, 0.4) is 0 Å². The Kier molecular flexibility index (Phi) is 8.98. The van der Waals surface area contributed by atoms with Crippen LogP contribution in [0.2, 0.25) is 0 Å². The van der Waals surface area contributed by atoms with E-state index in [1.807, 2.05) is 43.1 Å². The number of aromatic nitrogens is 1. The van der Waals surface area contributed by atoms with Crippen LogP contribution >= 0.6 is 0 Å². The predicted octanol–water partition coefficient (Wildman–Crippen LogP) is 6.09. The van der Waals surface area contributed by atoms with Gasteiger partial charge in [0.25, 0.3) is 10.0 Å². The maximum atomic E-state index is 15.9. The van der Waals surface area contributed by atoms with Crippen LogP contribution in [0.15, 0.2) is 83.9 Å². The van der Waals surface area contributed by atoms with E-state index in [2.05, 4.69) is 22.0 Å². The molecule has 0 radical (unpaired) electrons. The highest BCUT2D eigenvalue weighted by molar-refractivity contribution is 7.92. The fraction of sp³-hybridized carbons (Fsp3) is 0.303. The minimum absolute atomic E-state index is 0.0354. The third-order valence-electron chi connectivity index (χ3n) is 7.97. The third-order valence-corrected chi connectivity index (χ3v) is 9.73. The molecule has 0 bridgehead atoms. The predicted molar refractivity (Wildman–Crippen MR) is 165 cm³/mol. The van der Waals surface area contributed by atoms with E-state index in [1.54, 1.807) is 19.1 Å². The molecule has 226 valence electrons. The molecule has 5 rings (SSSR count). The lowest BCUT2D eigenvalue weighted by Gasteiger charge is -2.30. The quantitative estimate of drug-likeness (QED) is 0.218. The van der Waals surface area contributed by atoms with E-state index in [9.17, 15) is 12.8 Å². The minimum Gasteiger partial charge on any atom is -0.496 e. The molecule has 43 heavy (non-hydrogen) atoms. The van der Waals surface area contributed by atoms with Crippen molar-refractivity contribution in [2.24, 2.45) is 0 Å². The second-order valence-corrected chi connectivity index (χ2v) is 12.8. The summed E-state index contributed by atoms with van der Waals surface area (Å²) in [5.41, 5.74) is 3.99. The van der Waals surface area contributed by atoms with Crippen LogP contribution in [0.5, 0.6) is 5.75 Å². The van der Waals surface area contributed by atoms with Gasteiger partial charge in [0.2, 0.25) is 0 Å². The molecule has 0 saturated carbocycles. The van der Waals surface area contributed by atoms with E-state index in [0.29, 0.717) is 22.6 Å². The van der Waals surface area contributed by atoms with Crippen molar-refractivity contribution in [1.29, 1.82) is 0 Å². The Hall–Kier alpha value is -4.02. The van der Waals surface area contributed by atoms with Gasteiger partial charge in [0.15, 0.2) is 0 Å². The molecule has 0 N–H and O–H groups in total. The van der Waals surface area contributed by atoms with Gasteiger partial charge in [-0.2, -0.15) is 0 Å². The Morgan fingerprint density at radius 2 is 1.79 bits per heavy atom. The average Bonchev–Trinajstić information content (AvgIpc) is 3.46. The van der Waals surface area contributed by atoms with Crippen LogP contribution in [0, 0.1) is 25.5 Å². The highest BCUT2D eigenvalue weighted by atomic mass is 32.2. The van der Waals surface area contributed by atoms with E-state index in [4.69, 9.17) is 4.74 Å². The van der Waals surface area contributed by atoms with E-state index in [0.717, 1.165) is 48.2 Å². The van der Waals surface area contributed by atoms with Gasteiger partial charge in [0.1, 0.15) is 28.1 Å². The number of halogens is 2. The van der Waals surface area contributed by atoms with Crippen molar-refractivity contribution >= 4 is 21.5 Å². The number of methoxy groups -OCH3 is 1. The number of likely N-dealkylation sites (tertiary alicyclic amines) is 1. The van der Waals surface area contributed by atoms with Crippen LogP contribution in [0.25, 0.3) is 0 Å². The lowest BCUT2D eigenvalue weighted by molar-refractivity contribution is 0.326. The summed E-state index contributed by atoms with van der Waals surface area (Å²) in [4.78, 5) is 7.95. The van der Waals surface area contributed by atoms with Crippen molar-refractivity contribution in [3.8, 4) is 5.75 Å². The number of benzene rings is 3. The first-order valence-corrected chi connectivity index (χ1v) is 15.6. The van der Waals surface area contributed by atoms with Crippen LogP contribution < -0.4 is 13.9 Å². The lowest BCUT2D eigenvalue weighted by atomic mass is 10.1. The van der Waals surface area contributed by atoms with Crippen LogP contribution in [0.1, 0.15) is 28.7 Å². The number of likely N-dealkylation sites (N-methyl/N-ethyl adjacent to an activating group) is 1. The first kappa shape index (κ1) is 30.4. The Balaban J connectivity index is 1.44. The van der Waals surface area contributed by atoms with Crippen molar-refractivity contribution in [3.05, 3.63) is 113 Å². The van der Waals surface area contributed by atoms with Gasteiger partial charge < -0.3 is 9.64 Å². The number of sulfonamides is 1. The van der Waals surface area contributed by atoms with Gasteiger partial charge in [-0.05, 0) is 67.3 Å². The Morgan fingerprint density at radius 3 is 2.49 bits per heavy atom. The molecule has 7 nitrogen and oxygen atoms in total. The average molecular weight is 607 g/mol. The minimum atomic E-state index is -4.47. The molecule has 0 spiro atoms. The monoisotopic (exact) mass is 606 g/mol. The van der Waals surface area contributed by atoms with Gasteiger partial charge in [-0.3, -0.25) is 4.90 Å². The third kappa shape index (κ3) is 6.65. The van der Waals surface area contributed by atoms with Crippen molar-refractivity contribution in [2.45, 2.75) is 44.3 Å². The number of pyridine rings is 1. The molecule has 0 aliphatic carbocycles. The molecule has 1 saturated heterocycles. The summed E-state index contributed by atoms with van der Waals surface area (Å²) in [5.74, 6) is -1.03. The molecule has 1 aliphatic heterocycles. The summed E-state index contributed by atoms with van der Waals surface area (Å²) in [6, 6.07) is 20.9. The van der Waals surface area contributed by atoms with Gasteiger partial charge >= 0.3 is 0 Å². The fourth-order valence-electron chi connectivity index (χ4n) is 5.59. The van der Waals surface area contributed by atoms with Gasteiger partial charge in [0, 0.05) is 44.0 Å². The smallest absolute Gasteiger partial charge is 0.268 e. The topological polar surface area (TPSA) is 66.0 Å².